The van der Waals surface area contributed by atoms with Gasteiger partial charge in [-0.15, -0.1) is 0 Å². The Hall–Kier alpha value is -2.59. The van der Waals surface area contributed by atoms with E-state index in [0.717, 1.165) is 42.0 Å². The van der Waals surface area contributed by atoms with Gasteiger partial charge in [-0.05, 0) is 87.3 Å². The molecule has 30 heavy (non-hydrogen) atoms. The summed E-state index contributed by atoms with van der Waals surface area (Å²) >= 11 is 6.14. The molecular formula is C25H28ClN3O. The Kier molecular flexibility index (Phi) is 6.24. The molecule has 0 radical (unpaired) electrons. The molecule has 3 aromatic rings. The van der Waals surface area contributed by atoms with Crippen LogP contribution in [0, 0.1) is 19.8 Å². The van der Waals surface area contributed by atoms with Gasteiger partial charge in [-0.25, -0.2) is 0 Å². The molecule has 4 rings (SSSR count). The number of hydrogen-bond donors (Lipinski definition) is 2. The molecule has 1 aliphatic carbocycles. The van der Waals surface area contributed by atoms with Crippen LogP contribution in [0.2, 0.25) is 5.02 Å². The molecule has 1 aromatic carbocycles. The number of benzene rings is 1. The number of amides is 1. The minimum atomic E-state index is -0.0267. The summed E-state index contributed by atoms with van der Waals surface area (Å²) in [5.74, 6) is 1.12. The van der Waals surface area contributed by atoms with Crippen LogP contribution in [0.4, 0.5) is 0 Å². The molecule has 0 unspecified atom stereocenters. The van der Waals surface area contributed by atoms with Crippen LogP contribution in [0.25, 0.3) is 11.3 Å². The highest BCUT2D eigenvalue weighted by atomic mass is 35.5. The summed E-state index contributed by atoms with van der Waals surface area (Å²) in [4.78, 5) is 20.5. The lowest BCUT2D eigenvalue weighted by molar-refractivity contribution is 0.0943. The van der Waals surface area contributed by atoms with Crippen molar-refractivity contribution >= 4 is 17.5 Å². The van der Waals surface area contributed by atoms with Crippen molar-refractivity contribution in [2.45, 2.75) is 45.4 Å². The highest BCUT2D eigenvalue weighted by Gasteiger charge is 2.24. The largest absolute Gasteiger partial charge is 0.358 e. The Morgan fingerprint density at radius 1 is 1.13 bits per heavy atom. The fraction of sp³-hybridized carbons (Fsp3) is 0.360. The van der Waals surface area contributed by atoms with Gasteiger partial charge in [-0.1, -0.05) is 23.7 Å². The molecule has 1 fully saturated rings. The van der Waals surface area contributed by atoms with E-state index in [1.807, 2.05) is 50.4 Å². The zero-order chi connectivity index (χ0) is 21.1. The summed E-state index contributed by atoms with van der Waals surface area (Å²) in [5, 5.41) is 3.83. The summed E-state index contributed by atoms with van der Waals surface area (Å²) in [6, 6.07) is 13.8. The van der Waals surface area contributed by atoms with E-state index >= 15 is 0 Å². The van der Waals surface area contributed by atoms with Crippen LogP contribution < -0.4 is 5.32 Å². The number of aromatic amines is 1. The second kappa shape index (κ2) is 9.05. The Bertz CT molecular complexity index is 1030. The van der Waals surface area contributed by atoms with E-state index in [2.05, 4.69) is 27.4 Å². The van der Waals surface area contributed by atoms with Crippen LogP contribution in [0.5, 0.6) is 0 Å². The van der Waals surface area contributed by atoms with Gasteiger partial charge >= 0.3 is 0 Å². The molecule has 0 aliphatic heterocycles. The molecule has 1 amide bonds. The Balaban J connectivity index is 1.36. The first-order chi connectivity index (χ1) is 14.5. The number of aromatic nitrogens is 2. The van der Waals surface area contributed by atoms with Crippen LogP contribution >= 0.6 is 11.6 Å². The van der Waals surface area contributed by atoms with Crippen molar-refractivity contribution in [3.63, 3.8) is 0 Å². The van der Waals surface area contributed by atoms with Gasteiger partial charge in [0.05, 0.1) is 11.3 Å². The first kappa shape index (κ1) is 20.7. The predicted molar refractivity (Wildman–Crippen MR) is 122 cm³/mol. The summed E-state index contributed by atoms with van der Waals surface area (Å²) in [6.07, 6.45) is 6.52. The van der Waals surface area contributed by atoms with E-state index < -0.39 is 0 Å². The molecule has 2 heterocycles. The highest BCUT2D eigenvalue weighted by Crippen LogP contribution is 2.35. The smallest absolute Gasteiger partial charge is 0.253 e. The van der Waals surface area contributed by atoms with Crippen LogP contribution in [-0.4, -0.2) is 22.4 Å². The topological polar surface area (TPSA) is 57.8 Å². The monoisotopic (exact) mass is 421 g/mol. The van der Waals surface area contributed by atoms with Gasteiger partial charge in [-0.3, -0.25) is 9.78 Å². The molecule has 0 atom stereocenters. The molecule has 4 nitrogen and oxygen atoms in total. The SMILES string of the molecule is Cc1cc(C2CCC(CNC(=O)c3cc(C)[nH]c3-c3cccc(Cl)c3)CC2)ccn1. The number of nitrogens with one attached hydrogen (secondary N) is 2. The lowest BCUT2D eigenvalue weighted by Crippen LogP contribution is -2.31. The minimum absolute atomic E-state index is 0.0267. The van der Waals surface area contributed by atoms with Crippen molar-refractivity contribution in [3.8, 4) is 11.3 Å². The number of H-pyrrole nitrogens is 1. The molecule has 2 aromatic heterocycles. The second-order valence-electron chi connectivity index (χ2n) is 8.41. The third-order valence-corrected chi connectivity index (χ3v) is 6.34. The molecule has 0 saturated heterocycles. The maximum atomic E-state index is 12.9. The van der Waals surface area contributed by atoms with Gasteiger partial charge in [-0.2, -0.15) is 0 Å². The summed E-state index contributed by atoms with van der Waals surface area (Å²) in [7, 11) is 0. The first-order valence-electron chi connectivity index (χ1n) is 10.7. The van der Waals surface area contributed by atoms with Gasteiger partial charge in [0.1, 0.15) is 0 Å². The van der Waals surface area contributed by atoms with Gasteiger partial charge in [0.25, 0.3) is 5.91 Å². The second-order valence-corrected chi connectivity index (χ2v) is 8.85. The van der Waals surface area contributed by atoms with Crippen LogP contribution in [-0.2, 0) is 0 Å². The maximum Gasteiger partial charge on any atom is 0.253 e. The van der Waals surface area contributed by atoms with Gasteiger partial charge < -0.3 is 10.3 Å². The maximum absolute atomic E-state index is 12.9. The van der Waals surface area contributed by atoms with Gasteiger partial charge in [0, 0.05) is 34.7 Å². The normalized spacial score (nSPS) is 18.9. The zero-order valence-electron chi connectivity index (χ0n) is 17.5. The Morgan fingerprint density at radius 3 is 2.67 bits per heavy atom. The van der Waals surface area contributed by atoms with Crippen molar-refractivity contribution in [1.82, 2.24) is 15.3 Å². The van der Waals surface area contributed by atoms with Crippen molar-refractivity contribution in [1.29, 1.82) is 0 Å². The summed E-state index contributed by atoms with van der Waals surface area (Å²) in [6.45, 7) is 4.73. The average Bonchev–Trinajstić information content (AvgIpc) is 3.14. The molecule has 156 valence electrons. The molecule has 0 spiro atoms. The Morgan fingerprint density at radius 2 is 1.93 bits per heavy atom. The molecular weight excluding hydrogens is 394 g/mol. The first-order valence-corrected chi connectivity index (χ1v) is 11.0. The zero-order valence-corrected chi connectivity index (χ0v) is 18.3. The quantitative estimate of drug-likeness (QED) is 0.526. The van der Waals surface area contributed by atoms with Gasteiger partial charge in [0.2, 0.25) is 0 Å². The number of halogens is 1. The third kappa shape index (κ3) is 4.76. The van der Waals surface area contributed by atoms with Crippen LogP contribution in [0.3, 0.4) is 0 Å². The average molecular weight is 422 g/mol. The fourth-order valence-electron chi connectivity index (χ4n) is 4.49. The molecule has 1 aliphatic rings. The van der Waals surface area contributed by atoms with E-state index in [1.54, 1.807) is 0 Å². The highest BCUT2D eigenvalue weighted by molar-refractivity contribution is 6.30. The summed E-state index contributed by atoms with van der Waals surface area (Å²) in [5.41, 5.74) is 5.87. The van der Waals surface area contributed by atoms with E-state index in [9.17, 15) is 4.79 Å². The Labute approximate surface area is 183 Å². The van der Waals surface area contributed by atoms with Crippen LogP contribution in [0.1, 0.15) is 58.9 Å². The number of pyridine rings is 1. The van der Waals surface area contributed by atoms with Crippen molar-refractivity contribution in [2.24, 2.45) is 5.92 Å². The predicted octanol–water partition coefficient (Wildman–Crippen LogP) is 6.05. The van der Waals surface area contributed by atoms with Crippen LogP contribution in [0.15, 0.2) is 48.7 Å². The van der Waals surface area contributed by atoms with Gasteiger partial charge in [0.15, 0.2) is 0 Å². The number of rotatable bonds is 5. The van der Waals surface area contributed by atoms with Crippen molar-refractivity contribution < 1.29 is 4.79 Å². The van der Waals surface area contributed by atoms with E-state index in [-0.39, 0.29) is 5.91 Å². The molecule has 2 N–H and O–H groups in total. The summed E-state index contributed by atoms with van der Waals surface area (Å²) < 4.78 is 0. The standard InChI is InChI=1S/C25H28ClN3O/c1-16-12-20(10-11-27-16)19-8-6-18(7-9-19)15-28-25(30)23-13-17(2)29-24(23)21-4-3-5-22(26)14-21/h3-5,10-14,18-19,29H,6-9,15H2,1-2H3,(H,28,30). The van der Waals surface area contributed by atoms with E-state index in [1.165, 1.54) is 18.4 Å². The number of aryl methyl sites for hydroxylation is 2. The minimum Gasteiger partial charge on any atom is -0.358 e. The fourth-order valence-corrected chi connectivity index (χ4v) is 4.68. The van der Waals surface area contributed by atoms with E-state index in [0.29, 0.717) is 22.4 Å². The lowest BCUT2D eigenvalue weighted by atomic mass is 9.79. The van der Waals surface area contributed by atoms with Crippen molar-refractivity contribution in [3.05, 3.63) is 76.2 Å². The van der Waals surface area contributed by atoms with Crippen molar-refractivity contribution in [2.75, 3.05) is 6.54 Å². The van der Waals surface area contributed by atoms with E-state index in [4.69, 9.17) is 11.6 Å². The molecule has 1 saturated carbocycles. The number of carbonyl (C=O) groups excluding carboxylic acids is 1. The number of hydrogen-bond acceptors (Lipinski definition) is 2. The lowest BCUT2D eigenvalue weighted by Gasteiger charge is -2.29. The molecule has 0 bridgehead atoms. The number of nitrogens with zero attached hydrogens (tertiary/aromatic N) is 1. The third-order valence-electron chi connectivity index (χ3n) is 6.10. The number of carbonyl (C=O) groups is 1. The molecule has 5 heteroatoms.